The number of anilines is 1. The fourth-order valence-electron chi connectivity index (χ4n) is 3.07. The van der Waals surface area contributed by atoms with Gasteiger partial charge < -0.3 is 4.74 Å². The molecule has 4 nitrogen and oxygen atoms in total. The summed E-state index contributed by atoms with van der Waals surface area (Å²) in [5.41, 5.74) is 1.96. The van der Waals surface area contributed by atoms with Gasteiger partial charge >= 0.3 is 0 Å². The Hall–Kier alpha value is -2.83. The zero-order valence-electron chi connectivity index (χ0n) is 16.7. The lowest BCUT2D eigenvalue weighted by atomic mass is 10.2. The summed E-state index contributed by atoms with van der Waals surface area (Å²) in [5, 5.41) is 0.719. The van der Waals surface area contributed by atoms with Crippen LogP contribution in [-0.2, 0) is 11.3 Å². The third kappa shape index (κ3) is 5.01. The molecule has 0 atom stereocenters. The van der Waals surface area contributed by atoms with E-state index in [9.17, 15) is 4.79 Å². The molecular formula is C24H22N2O2S2. The third-order valence-electron chi connectivity index (χ3n) is 4.63. The molecular weight excluding hydrogens is 412 g/mol. The van der Waals surface area contributed by atoms with Gasteiger partial charge in [-0.1, -0.05) is 59.9 Å². The Morgan fingerprint density at radius 2 is 1.77 bits per heavy atom. The van der Waals surface area contributed by atoms with Crippen LogP contribution in [0.2, 0.25) is 0 Å². The van der Waals surface area contributed by atoms with Gasteiger partial charge in [-0.15, -0.1) is 11.8 Å². The van der Waals surface area contributed by atoms with E-state index in [0.717, 1.165) is 32.4 Å². The van der Waals surface area contributed by atoms with Gasteiger partial charge in [0, 0.05) is 17.1 Å². The Balaban J connectivity index is 1.55. The average molecular weight is 435 g/mol. The van der Waals surface area contributed by atoms with Crippen molar-refractivity contribution in [3.63, 3.8) is 0 Å². The van der Waals surface area contributed by atoms with E-state index in [0.29, 0.717) is 13.0 Å². The standard InChI is InChI=1S/C24H22N2O2S2/c1-28-19-12-13-21-22(16-19)30-24(25-21)26(17-18-8-4-2-5-9-18)23(27)14-15-29-20-10-6-3-7-11-20/h2-13,16H,14-15,17H2,1H3. The van der Waals surface area contributed by atoms with Gasteiger partial charge in [-0.2, -0.15) is 0 Å². The molecule has 0 fully saturated rings. The molecule has 0 spiro atoms. The number of hydrogen-bond acceptors (Lipinski definition) is 5. The van der Waals surface area contributed by atoms with E-state index in [1.165, 1.54) is 16.2 Å². The maximum absolute atomic E-state index is 13.2. The molecule has 30 heavy (non-hydrogen) atoms. The molecule has 152 valence electrons. The minimum absolute atomic E-state index is 0.0771. The van der Waals surface area contributed by atoms with Crippen LogP contribution in [0.1, 0.15) is 12.0 Å². The first-order valence-corrected chi connectivity index (χ1v) is 11.5. The smallest absolute Gasteiger partial charge is 0.229 e. The molecule has 4 rings (SSSR count). The van der Waals surface area contributed by atoms with Crippen LogP contribution in [-0.4, -0.2) is 23.8 Å². The van der Waals surface area contributed by atoms with Gasteiger partial charge in [-0.25, -0.2) is 4.98 Å². The van der Waals surface area contributed by atoms with E-state index < -0.39 is 0 Å². The zero-order chi connectivity index (χ0) is 20.8. The number of thioether (sulfide) groups is 1. The van der Waals surface area contributed by atoms with E-state index in [-0.39, 0.29) is 5.91 Å². The number of methoxy groups -OCH3 is 1. The molecule has 0 unspecified atom stereocenters. The van der Waals surface area contributed by atoms with Crippen LogP contribution >= 0.6 is 23.1 Å². The van der Waals surface area contributed by atoms with Crippen molar-refractivity contribution in [2.24, 2.45) is 0 Å². The normalized spacial score (nSPS) is 10.8. The molecule has 0 aliphatic carbocycles. The second-order valence-electron chi connectivity index (χ2n) is 6.71. The number of hydrogen-bond donors (Lipinski definition) is 0. The van der Waals surface area contributed by atoms with E-state index >= 15 is 0 Å². The van der Waals surface area contributed by atoms with E-state index in [1.807, 2.05) is 66.7 Å². The van der Waals surface area contributed by atoms with Crippen LogP contribution in [0.25, 0.3) is 10.2 Å². The molecule has 1 amide bonds. The summed E-state index contributed by atoms with van der Waals surface area (Å²) in [6.45, 7) is 0.507. The highest BCUT2D eigenvalue weighted by atomic mass is 32.2. The summed E-state index contributed by atoms with van der Waals surface area (Å²) >= 11 is 3.22. The molecule has 3 aromatic carbocycles. The zero-order valence-corrected chi connectivity index (χ0v) is 18.3. The van der Waals surface area contributed by atoms with Gasteiger partial charge in [-0.05, 0) is 35.9 Å². The van der Waals surface area contributed by atoms with Crippen molar-refractivity contribution < 1.29 is 9.53 Å². The fourth-order valence-corrected chi connectivity index (χ4v) is 4.94. The number of fused-ring (bicyclic) bond motifs is 1. The van der Waals surface area contributed by atoms with Crippen molar-refractivity contribution >= 4 is 44.4 Å². The molecule has 1 heterocycles. The number of carbonyl (C=O) groups is 1. The monoisotopic (exact) mass is 434 g/mol. The predicted octanol–water partition coefficient (Wildman–Crippen LogP) is 6.02. The van der Waals surface area contributed by atoms with Gasteiger partial charge in [0.15, 0.2) is 5.13 Å². The minimum Gasteiger partial charge on any atom is -0.497 e. The number of ether oxygens (including phenoxy) is 1. The summed E-state index contributed by atoms with van der Waals surface area (Å²) in [7, 11) is 1.65. The van der Waals surface area contributed by atoms with Gasteiger partial charge in [0.1, 0.15) is 5.75 Å². The number of benzene rings is 3. The number of nitrogens with zero attached hydrogens (tertiary/aromatic N) is 2. The van der Waals surface area contributed by atoms with Gasteiger partial charge in [0.2, 0.25) is 5.91 Å². The highest BCUT2D eigenvalue weighted by Gasteiger charge is 2.20. The first-order valence-electron chi connectivity index (χ1n) is 9.69. The van der Waals surface area contributed by atoms with E-state index in [4.69, 9.17) is 9.72 Å². The molecule has 1 aromatic heterocycles. The van der Waals surface area contributed by atoms with E-state index in [2.05, 4.69) is 12.1 Å². The van der Waals surface area contributed by atoms with Gasteiger partial charge in [0.25, 0.3) is 0 Å². The van der Waals surface area contributed by atoms with Crippen LogP contribution in [0.3, 0.4) is 0 Å². The Kier molecular flexibility index (Phi) is 6.67. The predicted molar refractivity (Wildman–Crippen MR) is 126 cm³/mol. The van der Waals surface area contributed by atoms with Crippen LogP contribution in [0.15, 0.2) is 83.8 Å². The summed E-state index contributed by atoms with van der Waals surface area (Å²) in [6.07, 6.45) is 0.450. The van der Waals surface area contributed by atoms with Crippen LogP contribution in [0, 0.1) is 0 Å². The Labute approximate surface area is 184 Å². The van der Waals surface area contributed by atoms with Crippen LogP contribution in [0.5, 0.6) is 5.75 Å². The highest BCUT2D eigenvalue weighted by molar-refractivity contribution is 7.99. The van der Waals surface area contributed by atoms with Crippen molar-refractivity contribution in [3.8, 4) is 5.75 Å². The number of aromatic nitrogens is 1. The second kappa shape index (κ2) is 9.78. The lowest BCUT2D eigenvalue weighted by Crippen LogP contribution is -2.30. The van der Waals surface area contributed by atoms with Gasteiger partial charge in [-0.3, -0.25) is 9.69 Å². The number of thiazole rings is 1. The highest BCUT2D eigenvalue weighted by Crippen LogP contribution is 2.33. The summed E-state index contributed by atoms with van der Waals surface area (Å²) in [5.74, 6) is 1.60. The molecule has 4 aromatic rings. The quantitative estimate of drug-likeness (QED) is 0.318. The summed E-state index contributed by atoms with van der Waals surface area (Å²) < 4.78 is 6.33. The fraction of sp³-hybridized carbons (Fsp3) is 0.167. The van der Waals surface area contributed by atoms with Crippen molar-refractivity contribution in [2.45, 2.75) is 17.9 Å². The van der Waals surface area contributed by atoms with Crippen molar-refractivity contribution in [1.29, 1.82) is 0 Å². The largest absolute Gasteiger partial charge is 0.497 e. The van der Waals surface area contributed by atoms with Crippen molar-refractivity contribution in [3.05, 3.63) is 84.4 Å². The number of carbonyl (C=O) groups excluding carboxylic acids is 1. The Morgan fingerprint density at radius 1 is 1.03 bits per heavy atom. The maximum atomic E-state index is 13.2. The molecule has 0 saturated carbocycles. The first kappa shape index (κ1) is 20.4. The number of amides is 1. The molecule has 6 heteroatoms. The van der Waals surface area contributed by atoms with Crippen LogP contribution < -0.4 is 9.64 Å². The minimum atomic E-state index is 0.0771. The molecule has 0 saturated heterocycles. The summed E-state index contributed by atoms with van der Waals surface area (Å²) in [4.78, 5) is 20.9. The number of rotatable bonds is 8. The maximum Gasteiger partial charge on any atom is 0.229 e. The van der Waals surface area contributed by atoms with Gasteiger partial charge in [0.05, 0.1) is 23.9 Å². The average Bonchev–Trinajstić information content (AvgIpc) is 3.21. The SMILES string of the molecule is COc1ccc2nc(N(Cc3ccccc3)C(=O)CCSc3ccccc3)sc2c1. The Morgan fingerprint density at radius 3 is 2.50 bits per heavy atom. The molecule has 0 bridgehead atoms. The lowest BCUT2D eigenvalue weighted by molar-refractivity contribution is -0.118. The van der Waals surface area contributed by atoms with E-state index in [1.54, 1.807) is 23.8 Å². The molecule has 0 aliphatic rings. The van der Waals surface area contributed by atoms with Crippen molar-refractivity contribution in [2.75, 3.05) is 17.8 Å². The lowest BCUT2D eigenvalue weighted by Gasteiger charge is -2.20. The molecule has 0 aliphatic heterocycles. The molecule has 0 N–H and O–H groups in total. The Bertz CT molecular complexity index is 1110. The topological polar surface area (TPSA) is 42.4 Å². The van der Waals surface area contributed by atoms with Crippen LogP contribution in [0.4, 0.5) is 5.13 Å². The third-order valence-corrected chi connectivity index (χ3v) is 6.68. The summed E-state index contributed by atoms with van der Waals surface area (Å²) in [6, 6.07) is 26.0. The second-order valence-corrected chi connectivity index (χ2v) is 8.88. The molecule has 0 radical (unpaired) electrons. The van der Waals surface area contributed by atoms with Crippen molar-refractivity contribution in [1.82, 2.24) is 4.98 Å². The first-order chi connectivity index (χ1) is 14.7.